The minimum atomic E-state index is -0.464. The summed E-state index contributed by atoms with van der Waals surface area (Å²) in [4.78, 5) is 28.5. The molecular weight excluding hydrogens is 318 g/mol. The predicted molar refractivity (Wildman–Crippen MR) is 98.4 cm³/mol. The minimum absolute atomic E-state index is 0.282. The predicted octanol–water partition coefficient (Wildman–Crippen LogP) is 2.63. The molecule has 0 aromatic carbocycles. The first-order valence-corrected chi connectivity index (χ1v) is 9.80. The molecule has 2 fully saturated rings. The van der Waals surface area contributed by atoms with Crippen LogP contribution in [0.4, 0.5) is 4.79 Å². The molecule has 0 bridgehead atoms. The average Bonchev–Trinajstić information content (AvgIpc) is 2.58. The van der Waals surface area contributed by atoms with Gasteiger partial charge in [0.2, 0.25) is 5.91 Å². The Balaban J connectivity index is 1.60. The van der Waals surface area contributed by atoms with E-state index in [9.17, 15) is 9.59 Å². The molecule has 0 aromatic rings. The number of hydrogen-bond acceptors (Lipinski definition) is 4. The molecule has 144 valence electrons. The summed E-state index contributed by atoms with van der Waals surface area (Å²) in [6.45, 7) is 11.0. The summed E-state index contributed by atoms with van der Waals surface area (Å²) in [6.07, 6.45) is 6.05. The molecule has 6 heteroatoms. The van der Waals surface area contributed by atoms with Crippen LogP contribution < -0.4 is 5.32 Å². The second-order valence-corrected chi connectivity index (χ2v) is 8.36. The first-order chi connectivity index (χ1) is 11.8. The average molecular weight is 354 g/mol. The lowest BCUT2D eigenvalue weighted by atomic mass is 9.96. The quantitative estimate of drug-likeness (QED) is 0.825. The number of carbonyl (C=O) groups excluding carboxylic acids is 2. The minimum Gasteiger partial charge on any atom is -0.444 e. The van der Waals surface area contributed by atoms with Crippen molar-refractivity contribution in [3.8, 4) is 0 Å². The number of rotatable bonds is 5. The van der Waals surface area contributed by atoms with Gasteiger partial charge in [-0.3, -0.25) is 4.79 Å². The highest BCUT2D eigenvalue weighted by Crippen LogP contribution is 2.18. The number of alkyl carbamates (subject to hydrolysis) is 1. The van der Waals surface area contributed by atoms with Gasteiger partial charge in [0.15, 0.2) is 0 Å². The fraction of sp³-hybridized carbons (Fsp3) is 0.895. The number of nitrogens with zero attached hydrogens (tertiary/aromatic N) is 2. The van der Waals surface area contributed by atoms with Crippen molar-refractivity contribution in [2.24, 2.45) is 5.92 Å². The van der Waals surface area contributed by atoms with E-state index in [4.69, 9.17) is 4.74 Å². The summed E-state index contributed by atoms with van der Waals surface area (Å²) in [5, 5.41) is 2.85. The molecule has 0 spiro atoms. The Morgan fingerprint density at radius 1 is 1.04 bits per heavy atom. The fourth-order valence-corrected chi connectivity index (χ4v) is 3.52. The van der Waals surface area contributed by atoms with Crippen LogP contribution in [0.1, 0.15) is 59.3 Å². The summed E-state index contributed by atoms with van der Waals surface area (Å²) >= 11 is 0. The number of ether oxygens (including phenoxy) is 1. The lowest BCUT2D eigenvalue weighted by Gasteiger charge is -2.33. The second kappa shape index (κ2) is 9.41. The van der Waals surface area contributed by atoms with Gasteiger partial charge in [0.05, 0.1) is 0 Å². The molecule has 0 aliphatic carbocycles. The molecular formula is C19H35N3O3. The third-order valence-electron chi connectivity index (χ3n) is 4.99. The Hall–Kier alpha value is -1.30. The van der Waals surface area contributed by atoms with Crippen LogP contribution in [-0.2, 0) is 9.53 Å². The van der Waals surface area contributed by atoms with Crippen molar-refractivity contribution >= 4 is 12.0 Å². The van der Waals surface area contributed by atoms with Gasteiger partial charge in [-0.1, -0.05) is 6.42 Å². The summed E-state index contributed by atoms with van der Waals surface area (Å²) in [6, 6.07) is 0. The highest BCUT2D eigenvalue weighted by Gasteiger charge is 2.24. The molecule has 6 nitrogen and oxygen atoms in total. The van der Waals surface area contributed by atoms with E-state index < -0.39 is 5.60 Å². The smallest absolute Gasteiger partial charge is 0.407 e. The Morgan fingerprint density at radius 2 is 1.68 bits per heavy atom. The zero-order valence-corrected chi connectivity index (χ0v) is 16.2. The van der Waals surface area contributed by atoms with Crippen molar-refractivity contribution in [2.45, 2.75) is 64.9 Å². The molecule has 1 N–H and O–H groups in total. The van der Waals surface area contributed by atoms with Gasteiger partial charge in [0, 0.05) is 32.6 Å². The van der Waals surface area contributed by atoms with Gasteiger partial charge in [-0.25, -0.2) is 4.79 Å². The van der Waals surface area contributed by atoms with E-state index in [1.54, 1.807) is 0 Å². The van der Waals surface area contributed by atoms with Crippen molar-refractivity contribution in [1.29, 1.82) is 0 Å². The van der Waals surface area contributed by atoms with Crippen molar-refractivity contribution < 1.29 is 14.3 Å². The maximum absolute atomic E-state index is 12.4. The zero-order chi connectivity index (χ0) is 18.3. The molecule has 2 heterocycles. The molecule has 0 radical (unpaired) electrons. The SMILES string of the molecule is CC(C)(C)OC(=O)NCC1CCN(C(=O)CCN2CCCCC2)CC1. The van der Waals surface area contributed by atoms with Crippen LogP contribution >= 0.6 is 0 Å². The van der Waals surface area contributed by atoms with Crippen LogP contribution in [-0.4, -0.2) is 66.7 Å². The van der Waals surface area contributed by atoms with Gasteiger partial charge in [0.25, 0.3) is 0 Å². The van der Waals surface area contributed by atoms with E-state index in [2.05, 4.69) is 10.2 Å². The van der Waals surface area contributed by atoms with Gasteiger partial charge in [-0.05, 0) is 65.5 Å². The number of likely N-dealkylation sites (tertiary alicyclic amines) is 2. The summed E-state index contributed by atoms with van der Waals surface area (Å²) in [7, 11) is 0. The van der Waals surface area contributed by atoms with Crippen LogP contribution in [0.15, 0.2) is 0 Å². The van der Waals surface area contributed by atoms with Crippen molar-refractivity contribution in [3.05, 3.63) is 0 Å². The van der Waals surface area contributed by atoms with E-state index in [-0.39, 0.29) is 12.0 Å². The number of hydrogen-bond donors (Lipinski definition) is 1. The normalized spacial score (nSPS) is 20.4. The first-order valence-electron chi connectivity index (χ1n) is 9.80. The molecule has 0 saturated carbocycles. The third kappa shape index (κ3) is 7.63. The molecule has 2 aliphatic heterocycles. The zero-order valence-electron chi connectivity index (χ0n) is 16.2. The van der Waals surface area contributed by atoms with Crippen molar-refractivity contribution in [1.82, 2.24) is 15.1 Å². The molecule has 2 amide bonds. The molecule has 2 aliphatic rings. The van der Waals surface area contributed by atoms with Crippen molar-refractivity contribution in [2.75, 3.05) is 39.3 Å². The summed E-state index contributed by atoms with van der Waals surface area (Å²) in [5.74, 6) is 0.711. The molecule has 25 heavy (non-hydrogen) atoms. The number of amides is 2. The number of carbonyl (C=O) groups is 2. The van der Waals surface area contributed by atoms with Gasteiger partial charge in [-0.15, -0.1) is 0 Å². The van der Waals surface area contributed by atoms with Crippen LogP contribution in [0.2, 0.25) is 0 Å². The maximum Gasteiger partial charge on any atom is 0.407 e. The molecule has 0 unspecified atom stereocenters. The Kier molecular flexibility index (Phi) is 7.54. The summed E-state index contributed by atoms with van der Waals surface area (Å²) in [5.41, 5.74) is -0.464. The molecule has 2 saturated heterocycles. The van der Waals surface area contributed by atoms with Gasteiger partial charge in [0.1, 0.15) is 5.60 Å². The Morgan fingerprint density at radius 3 is 2.28 bits per heavy atom. The molecule has 2 rings (SSSR count). The lowest BCUT2D eigenvalue weighted by molar-refractivity contribution is -0.133. The third-order valence-corrected chi connectivity index (χ3v) is 4.99. The standard InChI is InChI=1S/C19H35N3O3/c1-19(2,3)25-18(24)20-15-16-7-13-22(14-8-16)17(23)9-12-21-10-5-4-6-11-21/h16H,4-15H2,1-3H3,(H,20,24). The van der Waals surface area contributed by atoms with Crippen LogP contribution in [0, 0.1) is 5.92 Å². The highest BCUT2D eigenvalue weighted by molar-refractivity contribution is 5.76. The topological polar surface area (TPSA) is 61.9 Å². The molecule has 0 atom stereocenters. The van der Waals surface area contributed by atoms with E-state index >= 15 is 0 Å². The van der Waals surface area contributed by atoms with E-state index in [1.807, 2.05) is 25.7 Å². The van der Waals surface area contributed by atoms with Crippen molar-refractivity contribution in [3.63, 3.8) is 0 Å². The largest absolute Gasteiger partial charge is 0.444 e. The number of piperidine rings is 2. The fourth-order valence-electron chi connectivity index (χ4n) is 3.52. The molecule has 0 aromatic heterocycles. The summed E-state index contributed by atoms with van der Waals surface area (Å²) < 4.78 is 5.26. The van der Waals surface area contributed by atoms with Crippen LogP contribution in [0.25, 0.3) is 0 Å². The lowest BCUT2D eigenvalue weighted by Crippen LogP contribution is -2.43. The first kappa shape index (κ1) is 20.0. The highest BCUT2D eigenvalue weighted by atomic mass is 16.6. The van der Waals surface area contributed by atoms with E-state index in [0.29, 0.717) is 18.9 Å². The Bertz CT molecular complexity index is 434. The van der Waals surface area contributed by atoms with Gasteiger partial charge in [-0.2, -0.15) is 0 Å². The maximum atomic E-state index is 12.4. The van der Waals surface area contributed by atoms with Gasteiger partial charge < -0.3 is 19.9 Å². The monoisotopic (exact) mass is 353 g/mol. The number of nitrogens with one attached hydrogen (secondary N) is 1. The Labute approximate surface area is 152 Å². The van der Waals surface area contributed by atoms with E-state index in [1.165, 1.54) is 19.3 Å². The van der Waals surface area contributed by atoms with Gasteiger partial charge >= 0.3 is 6.09 Å². The van der Waals surface area contributed by atoms with Crippen LogP contribution in [0.3, 0.4) is 0 Å². The second-order valence-electron chi connectivity index (χ2n) is 8.36. The van der Waals surface area contributed by atoms with Crippen LogP contribution in [0.5, 0.6) is 0 Å². The van der Waals surface area contributed by atoms with E-state index in [0.717, 1.165) is 45.6 Å².